The lowest BCUT2D eigenvalue weighted by molar-refractivity contribution is 0.0492. The van der Waals surface area contributed by atoms with E-state index >= 15 is 0 Å². The number of hydrogen-bond acceptors (Lipinski definition) is 4. The molecule has 0 heterocycles. The molecule has 0 spiro atoms. The molecule has 4 heteroatoms. The molecule has 2 aromatic rings. The van der Waals surface area contributed by atoms with Gasteiger partial charge >= 0.3 is 5.97 Å². The standard InChI is InChI=1S/C15H16O4/c1-3-18-15(16)14-9-12(19-10-17-2)8-11-6-4-5-7-13(11)14/h4-9H,3,10H2,1-2H3. The largest absolute Gasteiger partial charge is 0.468 e. The zero-order valence-electron chi connectivity index (χ0n) is 11.0. The molecule has 0 saturated carbocycles. The zero-order valence-corrected chi connectivity index (χ0v) is 11.0. The van der Waals surface area contributed by atoms with Crippen LogP contribution in [0.15, 0.2) is 36.4 Å². The molecule has 2 aromatic carbocycles. The number of fused-ring (bicyclic) bond motifs is 1. The Hall–Kier alpha value is -2.07. The lowest BCUT2D eigenvalue weighted by atomic mass is 10.0. The first-order valence-electron chi connectivity index (χ1n) is 6.08. The minimum atomic E-state index is -0.346. The van der Waals surface area contributed by atoms with Gasteiger partial charge in [0.25, 0.3) is 0 Å². The van der Waals surface area contributed by atoms with Crippen molar-refractivity contribution >= 4 is 16.7 Å². The van der Waals surface area contributed by atoms with Crippen LogP contribution < -0.4 is 4.74 Å². The van der Waals surface area contributed by atoms with E-state index in [0.717, 1.165) is 10.8 Å². The van der Waals surface area contributed by atoms with Gasteiger partial charge in [-0.3, -0.25) is 0 Å². The third-order valence-electron chi connectivity index (χ3n) is 2.67. The van der Waals surface area contributed by atoms with Crippen molar-refractivity contribution in [2.75, 3.05) is 20.5 Å². The van der Waals surface area contributed by atoms with Crippen LogP contribution in [0.5, 0.6) is 5.75 Å². The first-order chi connectivity index (χ1) is 9.26. The van der Waals surface area contributed by atoms with Gasteiger partial charge in [-0.1, -0.05) is 24.3 Å². The van der Waals surface area contributed by atoms with Crippen LogP contribution in [0.25, 0.3) is 10.8 Å². The Morgan fingerprint density at radius 3 is 2.74 bits per heavy atom. The second-order valence-electron chi connectivity index (χ2n) is 3.96. The molecule has 0 aromatic heterocycles. The summed E-state index contributed by atoms with van der Waals surface area (Å²) in [6.45, 7) is 2.27. The molecule has 2 rings (SSSR count). The second-order valence-corrected chi connectivity index (χ2v) is 3.96. The summed E-state index contributed by atoms with van der Waals surface area (Å²) in [5.41, 5.74) is 0.506. The van der Waals surface area contributed by atoms with E-state index in [1.54, 1.807) is 20.1 Å². The molecule has 0 amide bonds. The molecule has 0 radical (unpaired) electrons. The van der Waals surface area contributed by atoms with E-state index in [4.69, 9.17) is 14.2 Å². The van der Waals surface area contributed by atoms with Crippen molar-refractivity contribution in [3.8, 4) is 5.75 Å². The van der Waals surface area contributed by atoms with Gasteiger partial charge in [0.1, 0.15) is 5.75 Å². The molecule has 0 fully saturated rings. The fraction of sp³-hybridized carbons (Fsp3) is 0.267. The van der Waals surface area contributed by atoms with Crippen molar-refractivity contribution < 1.29 is 19.0 Å². The molecule has 0 saturated heterocycles. The van der Waals surface area contributed by atoms with Gasteiger partial charge in [-0.05, 0) is 29.8 Å². The molecule has 100 valence electrons. The van der Waals surface area contributed by atoms with Gasteiger partial charge in [0.15, 0.2) is 6.79 Å². The third kappa shape index (κ3) is 3.03. The SMILES string of the molecule is CCOC(=O)c1cc(OCOC)cc2ccccc12. The first-order valence-corrected chi connectivity index (χ1v) is 6.08. The van der Waals surface area contributed by atoms with Crippen molar-refractivity contribution in [2.45, 2.75) is 6.92 Å². The van der Waals surface area contributed by atoms with E-state index in [0.29, 0.717) is 17.9 Å². The number of carbonyl (C=O) groups is 1. The quantitative estimate of drug-likeness (QED) is 0.612. The Bertz CT molecular complexity index is 577. The van der Waals surface area contributed by atoms with E-state index in [2.05, 4.69) is 0 Å². The van der Waals surface area contributed by atoms with Crippen molar-refractivity contribution in [3.63, 3.8) is 0 Å². The first kappa shape index (κ1) is 13.4. The lowest BCUT2D eigenvalue weighted by Crippen LogP contribution is -2.06. The summed E-state index contributed by atoms with van der Waals surface area (Å²) in [4.78, 5) is 12.0. The summed E-state index contributed by atoms with van der Waals surface area (Å²) >= 11 is 0. The summed E-state index contributed by atoms with van der Waals surface area (Å²) in [5, 5.41) is 1.78. The highest BCUT2D eigenvalue weighted by Crippen LogP contribution is 2.26. The minimum Gasteiger partial charge on any atom is -0.468 e. The van der Waals surface area contributed by atoms with Crippen LogP contribution in [0.4, 0.5) is 0 Å². The van der Waals surface area contributed by atoms with Gasteiger partial charge in [0, 0.05) is 7.11 Å². The third-order valence-corrected chi connectivity index (χ3v) is 2.67. The number of benzene rings is 2. The number of carbonyl (C=O) groups excluding carboxylic acids is 1. The molecule has 19 heavy (non-hydrogen) atoms. The molecular formula is C15H16O4. The molecule has 0 unspecified atom stereocenters. The van der Waals surface area contributed by atoms with Gasteiger partial charge in [0.05, 0.1) is 12.2 Å². The fourth-order valence-electron chi connectivity index (χ4n) is 1.87. The van der Waals surface area contributed by atoms with Crippen molar-refractivity contribution in [1.82, 2.24) is 0 Å². The maximum atomic E-state index is 12.0. The number of ether oxygens (including phenoxy) is 3. The number of methoxy groups -OCH3 is 1. The van der Waals surface area contributed by atoms with Crippen LogP contribution in [0.1, 0.15) is 17.3 Å². The maximum Gasteiger partial charge on any atom is 0.338 e. The van der Waals surface area contributed by atoms with Crippen molar-refractivity contribution in [3.05, 3.63) is 42.0 Å². The van der Waals surface area contributed by atoms with E-state index in [-0.39, 0.29) is 12.8 Å². The average molecular weight is 260 g/mol. The van der Waals surface area contributed by atoms with Gasteiger partial charge < -0.3 is 14.2 Å². The normalized spacial score (nSPS) is 10.4. The number of esters is 1. The summed E-state index contributed by atoms with van der Waals surface area (Å²) in [6, 6.07) is 11.2. The second kappa shape index (κ2) is 6.20. The zero-order chi connectivity index (χ0) is 13.7. The summed E-state index contributed by atoms with van der Waals surface area (Å²) in [5.74, 6) is 0.241. The van der Waals surface area contributed by atoms with Gasteiger partial charge in [-0.15, -0.1) is 0 Å². The lowest BCUT2D eigenvalue weighted by Gasteiger charge is -2.10. The Morgan fingerprint density at radius 2 is 2.00 bits per heavy atom. The molecule has 0 bridgehead atoms. The molecule has 4 nitrogen and oxygen atoms in total. The highest BCUT2D eigenvalue weighted by Gasteiger charge is 2.13. The highest BCUT2D eigenvalue weighted by molar-refractivity contribution is 6.05. The van der Waals surface area contributed by atoms with Gasteiger partial charge in [0.2, 0.25) is 0 Å². The van der Waals surface area contributed by atoms with E-state index in [1.807, 2.05) is 30.3 Å². The van der Waals surface area contributed by atoms with E-state index in [9.17, 15) is 4.79 Å². The van der Waals surface area contributed by atoms with Crippen molar-refractivity contribution in [2.24, 2.45) is 0 Å². The van der Waals surface area contributed by atoms with Gasteiger partial charge in [-0.25, -0.2) is 4.79 Å². The minimum absolute atomic E-state index is 0.139. The number of hydrogen-bond donors (Lipinski definition) is 0. The molecular weight excluding hydrogens is 244 g/mol. The monoisotopic (exact) mass is 260 g/mol. The van der Waals surface area contributed by atoms with Crippen LogP contribution in [-0.2, 0) is 9.47 Å². The maximum absolute atomic E-state index is 12.0. The van der Waals surface area contributed by atoms with Crippen LogP contribution in [0, 0.1) is 0 Å². The summed E-state index contributed by atoms with van der Waals surface area (Å²) in [6.07, 6.45) is 0. The number of rotatable bonds is 5. The Morgan fingerprint density at radius 1 is 1.21 bits per heavy atom. The van der Waals surface area contributed by atoms with E-state index in [1.165, 1.54) is 0 Å². The summed E-state index contributed by atoms with van der Waals surface area (Å²) in [7, 11) is 1.55. The molecule has 0 atom stereocenters. The van der Waals surface area contributed by atoms with Crippen LogP contribution >= 0.6 is 0 Å². The van der Waals surface area contributed by atoms with Crippen LogP contribution in [-0.4, -0.2) is 26.5 Å². The fourth-order valence-corrected chi connectivity index (χ4v) is 1.87. The molecule has 0 aliphatic carbocycles. The molecule has 0 aliphatic rings. The highest BCUT2D eigenvalue weighted by atomic mass is 16.7. The average Bonchev–Trinajstić information content (AvgIpc) is 2.44. The topological polar surface area (TPSA) is 44.8 Å². The molecule has 0 N–H and O–H groups in total. The van der Waals surface area contributed by atoms with Gasteiger partial charge in [-0.2, -0.15) is 0 Å². The Labute approximate surface area is 111 Å². The summed E-state index contributed by atoms with van der Waals surface area (Å²) < 4.78 is 15.3. The van der Waals surface area contributed by atoms with Crippen molar-refractivity contribution in [1.29, 1.82) is 0 Å². The molecule has 0 aliphatic heterocycles. The van der Waals surface area contributed by atoms with Crippen LogP contribution in [0.2, 0.25) is 0 Å². The van der Waals surface area contributed by atoms with E-state index < -0.39 is 0 Å². The predicted molar refractivity (Wildman–Crippen MR) is 72.4 cm³/mol. The Balaban J connectivity index is 2.48. The predicted octanol–water partition coefficient (Wildman–Crippen LogP) is 3.00. The Kier molecular flexibility index (Phi) is 4.36. The van der Waals surface area contributed by atoms with Crippen LogP contribution in [0.3, 0.4) is 0 Å². The smallest absolute Gasteiger partial charge is 0.338 e.